The van der Waals surface area contributed by atoms with E-state index in [4.69, 9.17) is 11.6 Å². The largest absolute Gasteiger partial charge is 0.417 e. The maximum absolute atomic E-state index is 13.0. The molecular formula is C22H19ClF3N3O. The van der Waals surface area contributed by atoms with Gasteiger partial charge in [-0.05, 0) is 35.4 Å². The van der Waals surface area contributed by atoms with Gasteiger partial charge in [-0.2, -0.15) is 13.2 Å². The minimum Gasteiger partial charge on any atom is -0.354 e. The number of amides is 1. The second-order valence-electron chi connectivity index (χ2n) is 7.22. The van der Waals surface area contributed by atoms with Crippen LogP contribution in [0, 0.1) is 0 Å². The summed E-state index contributed by atoms with van der Waals surface area (Å²) in [7, 11) is 0. The monoisotopic (exact) mass is 433 g/mol. The summed E-state index contributed by atoms with van der Waals surface area (Å²) in [6.07, 6.45) is -3.03. The number of aromatic nitrogens is 1. The van der Waals surface area contributed by atoms with Crippen molar-refractivity contribution >= 4 is 34.1 Å². The molecule has 1 aromatic heterocycles. The highest BCUT2D eigenvalue weighted by Crippen LogP contribution is 2.33. The van der Waals surface area contributed by atoms with Crippen molar-refractivity contribution in [3.05, 3.63) is 70.9 Å². The Morgan fingerprint density at radius 3 is 2.47 bits per heavy atom. The SMILES string of the molecule is O=C(c1ccc2ccccc2c1)N1CCCN(c2ncc(C(F)(F)F)cc2Cl)CC1. The summed E-state index contributed by atoms with van der Waals surface area (Å²) in [6, 6.07) is 14.4. The Balaban J connectivity index is 1.49. The van der Waals surface area contributed by atoms with Crippen LogP contribution in [0.3, 0.4) is 0 Å². The fraction of sp³-hybridized carbons (Fsp3) is 0.273. The summed E-state index contributed by atoms with van der Waals surface area (Å²) in [4.78, 5) is 20.5. The molecule has 4 rings (SSSR count). The number of fused-ring (bicyclic) bond motifs is 1. The van der Waals surface area contributed by atoms with E-state index in [9.17, 15) is 18.0 Å². The predicted octanol–water partition coefficient (Wildman–Crippen LogP) is 5.26. The molecule has 156 valence electrons. The first-order valence-corrected chi connectivity index (χ1v) is 9.96. The van der Waals surface area contributed by atoms with Gasteiger partial charge in [0.05, 0.1) is 10.6 Å². The van der Waals surface area contributed by atoms with Crippen molar-refractivity contribution in [1.82, 2.24) is 9.88 Å². The molecule has 0 N–H and O–H groups in total. The van der Waals surface area contributed by atoms with Gasteiger partial charge >= 0.3 is 6.18 Å². The van der Waals surface area contributed by atoms with Crippen molar-refractivity contribution in [3.63, 3.8) is 0 Å². The number of nitrogens with zero attached hydrogens (tertiary/aromatic N) is 3. The fourth-order valence-corrected chi connectivity index (χ4v) is 3.94. The second-order valence-corrected chi connectivity index (χ2v) is 7.63. The lowest BCUT2D eigenvalue weighted by molar-refractivity contribution is -0.137. The lowest BCUT2D eigenvalue weighted by Gasteiger charge is -2.24. The van der Waals surface area contributed by atoms with Crippen molar-refractivity contribution in [3.8, 4) is 0 Å². The summed E-state index contributed by atoms with van der Waals surface area (Å²) in [5.74, 6) is 0.249. The molecule has 4 nitrogen and oxygen atoms in total. The summed E-state index contributed by atoms with van der Waals surface area (Å²) in [5, 5.41) is 2.03. The Labute approximate surface area is 176 Å². The molecule has 1 fully saturated rings. The molecule has 0 radical (unpaired) electrons. The zero-order valence-electron chi connectivity index (χ0n) is 16.0. The lowest BCUT2D eigenvalue weighted by Crippen LogP contribution is -2.35. The number of carbonyl (C=O) groups excluding carboxylic acids is 1. The van der Waals surface area contributed by atoms with Crippen molar-refractivity contribution in [2.45, 2.75) is 12.6 Å². The number of rotatable bonds is 2. The van der Waals surface area contributed by atoms with E-state index >= 15 is 0 Å². The number of carbonyl (C=O) groups is 1. The van der Waals surface area contributed by atoms with Crippen LogP contribution in [0.15, 0.2) is 54.7 Å². The molecule has 8 heteroatoms. The van der Waals surface area contributed by atoms with Gasteiger partial charge in [0.1, 0.15) is 5.82 Å². The molecular weight excluding hydrogens is 415 g/mol. The van der Waals surface area contributed by atoms with Crippen LogP contribution in [-0.2, 0) is 6.18 Å². The molecule has 1 aliphatic heterocycles. The quantitative estimate of drug-likeness (QED) is 0.553. The number of anilines is 1. The van der Waals surface area contributed by atoms with E-state index in [0.717, 1.165) is 23.0 Å². The maximum Gasteiger partial charge on any atom is 0.417 e. The summed E-state index contributed by atoms with van der Waals surface area (Å²) >= 11 is 6.09. The molecule has 3 aromatic rings. The molecule has 2 aromatic carbocycles. The molecule has 1 aliphatic rings. The predicted molar refractivity (Wildman–Crippen MR) is 111 cm³/mol. The van der Waals surface area contributed by atoms with E-state index in [1.807, 2.05) is 47.4 Å². The van der Waals surface area contributed by atoms with Crippen LogP contribution >= 0.6 is 11.6 Å². The third-order valence-electron chi connectivity index (χ3n) is 5.23. The highest BCUT2D eigenvalue weighted by atomic mass is 35.5. The van der Waals surface area contributed by atoms with E-state index in [-0.39, 0.29) is 10.9 Å². The molecule has 1 amide bonds. The first-order valence-electron chi connectivity index (χ1n) is 9.59. The van der Waals surface area contributed by atoms with Crippen LogP contribution in [0.5, 0.6) is 0 Å². The highest BCUT2D eigenvalue weighted by Gasteiger charge is 2.32. The Kier molecular flexibility index (Phi) is 5.56. The summed E-state index contributed by atoms with van der Waals surface area (Å²) in [6.45, 7) is 1.99. The summed E-state index contributed by atoms with van der Waals surface area (Å²) < 4.78 is 38.5. The number of halogens is 4. The number of benzene rings is 2. The molecule has 30 heavy (non-hydrogen) atoms. The molecule has 0 aliphatic carbocycles. The molecule has 0 spiro atoms. The van der Waals surface area contributed by atoms with Gasteiger partial charge < -0.3 is 9.80 Å². The first kappa shape index (κ1) is 20.5. The Bertz CT molecular complexity index is 1090. The molecule has 0 atom stereocenters. The van der Waals surface area contributed by atoms with E-state index in [1.54, 1.807) is 4.90 Å². The van der Waals surface area contributed by atoms with Gasteiger partial charge in [-0.25, -0.2) is 4.98 Å². The topological polar surface area (TPSA) is 36.4 Å². The number of hydrogen-bond acceptors (Lipinski definition) is 3. The van der Waals surface area contributed by atoms with Gasteiger partial charge in [0.15, 0.2) is 0 Å². The third kappa shape index (κ3) is 4.21. The molecule has 1 saturated heterocycles. The van der Waals surface area contributed by atoms with E-state index < -0.39 is 11.7 Å². The van der Waals surface area contributed by atoms with E-state index in [1.165, 1.54) is 0 Å². The van der Waals surface area contributed by atoms with Gasteiger partial charge in [-0.15, -0.1) is 0 Å². The zero-order chi connectivity index (χ0) is 21.3. The standard InChI is InChI=1S/C22H19ClF3N3O/c23-19-13-18(22(24,25)26)14-27-20(19)28-8-3-9-29(11-10-28)21(30)17-7-6-15-4-1-2-5-16(15)12-17/h1-2,4-7,12-14H,3,8-11H2. The lowest BCUT2D eigenvalue weighted by atomic mass is 10.1. The average Bonchev–Trinajstić information content (AvgIpc) is 2.98. The van der Waals surface area contributed by atoms with Gasteiger partial charge in [-0.1, -0.05) is 41.9 Å². The van der Waals surface area contributed by atoms with Crippen molar-refractivity contribution < 1.29 is 18.0 Å². The van der Waals surface area contributed by atoms with Gasteiger partial charge in [-0.3, -0.25) is 4.79 Å². The summed E-state index contributed by atoms with van der Waals surface area (Å²) in [5.41, 5.74) is -0.257. The van der Waals surface area contributed by atoms with Crippen molar-refractivity contribution in [2.75, 3.05) is 31.1 Å². The third-order valence-corrected chi connectivity index (χ3v) is 5.51. The molecule has 2 heterocycles. The first-order chi connectivity index (χ1) is 14.3. The van der Waals surface area contributed by atoms with E-state index in [0.29, 0.717) is 44.0 Å². The number of hydrogen-bond donors (Lipinski definition) is 0. The fourth-order valence-electron chi connectivity index (χ4n) is 3.66. The minimum atomic E-state index is -4.49. The second kappa shape index (κ2) is 8.14. The van der Waals surface area contributed by atoms with Crippen LogP contribution in [0.25, 0.3) is 10.8 Å². The van der Waals surface area contributed by atoms with Crippen LogP contribution in [-0.4, -0.2) is 42.0 Å². The molecule has 0 bridgehead atoms. The average molecular weight is 434 g/mol. The smallest absolute Gasteiger partial charge is 0.354 e. The number of alkyl halides is 3. The zero-order valence-corrected chi connectivity index (χ0v) is 16.7. The highest BCUT2D eigenvalue weighted by molar-refractivity contribution is 6.33. The van der Waals surface area contributed by atoms with Crippen LogP contribution < -0.4 is 4.90 Å². The van der Waals surface area contributed by atoms with Gasteiger partial charge in [0.25, 0.3) is 5.91 Å². The number of pyridine rings is 1. The van der Waals surface area contributed by atoms with Crippen molar-refractivity contribution in [2.24, 2.45) is 0 Å². The molecule has 0 saturated carbocycles. The van der Waals surface area contributed by atoms with E-state index in [2.05, 4.69) is 4.98 Å². The van der Waals surface area contributed by atoms with Crippen LogP contribution in [0.4, 0.5) is 19.0 Å². The van der Waals surface area contributed by atoms with Crippen LogP contribution in [0.1, 0.15) is 22.3 Å². The van der Waals surface area contributed by atoms with Gasteiger partial charge in [0, 0.05) is 37.9 Å². The Morgan fingerprint density at radius 2 is 1.73 bits per heavy atom. The minimum absolute atomic E-state index is 0.0425. The maximum atomic E-state index is 13.0. The molecule has 0 unspecified atom stereocenters. The van der Waals surface area contributed by atoms with Crippen LogP contribution in [0.2, 0.25) is 5.02 Å². The normalized spacial score (nSPS) is 15.3. The van der Waals surface area contributed by atoms with Gasteiger partial charge in [0.2, 0.25) is 0 Å². The Morgan fingerprint density at radius 1 is 0.967 bits per heavy atom. The van der Waals surface area contributed by atoms with Crippen molar-refractivity contribution in [1.29, 1.82) is 0 Å². The Hall–Kier alpha value is -2.80.